The second-order valence-electron chi connectivity index (χ2n) is 7.75. The molecular formula is C21H20F3N3O6S. The average molecular weight is 499 g/mol. The zero-order chi connectivity index (χ0) is 24.7. The van der Waals surface area contributed by atoms with E-state index < -0.39 is 39.2 Å². The molecule has 9 nitrogen and oxygen atoms in total. The highest BCUT2D eigenvalue weighted by Gasteiger charge is 2.53. The molecule has 0 atom stereocenters. The van der Waals surface area contributed by atoms with Crippen LogP contribution in [-0.4, -0.2) is 50.6 Å². The molecule has 0 bridgehead atoms. The van der Waals surface area contributed by atoms with Crippen molar-refractivity contribution in [3.05, 3.63) is 47.7 Å². The predicted octanol–water partition coefficient (Wildman–Crippen LogP) is 2.51. The van der Waals surface area contributed by atoms with Crippen molar-refractivity contribution in [3.63, 3.8) is 0 Å². The predicted molar refractivity (Wildman–Crippen MR) is 112 cm³/mol. The number of nitrogens with zero attached hydrogens (tertiary/aromatic N) is 2. The number of ether oxygens (including phenoxy) is 2. The van der Waals surface area contributed by atoms with Crippen LogP contribution in [0.2, 0.25) is 0 Å². The number of alkyl halides is 3. The first kappa shape index (κ1) is 23.8. The molecule has 1 amide bonds. The molecule has 1 fully saturated rings. The van der Waals surface area contributed by atoms with Crippen LogP contribution in [0.4, 0.5) is 18.9 Å². The molecule has 2 aromatic rings. The largest absolute Gasteiger partial charge is 0.474 e. The molecule has 0 spiro atoms. The maximum Gasteiger partial charge on any atom is 0.416 e. The smallest absolute Gasteiger partial charge is 0.416 e. The molecule has 1 saturated carbocycles. The Morgan fingerprint density at radius 2 is 1.91 bits per heavy atom. The van der Waals surface area contributed by atoms with Gasteiger partial charge in [-0.05, 0) is 50.1 Å². The minimum Gasteiger partial charge on any atom is -0.474 e. The molecule has 2 aliphatic rings. The van der Waals surface area contributed by atoms with Crippen molar-refractivity contribution in [2.45, 2.75) is 36.4 Å². The van der Waals surface area contributed by atoms with E-state index in [1.165, 1.54) is 12.3 Å². The summed E-state index contributed by atoms with van der Waals surface area (Å²) in [4.78, 5) is 28.6. The fourth-order valence-corrected chi connectivity index (χ4v) is 4.90. The molecule has 2 heterocycles. The van der Waals surface area contributed by atoms with Crippen molar-refractivity contribution < 1.29 is 40.7 Å². The number of hydrogen-bond acceptors (Lipinski definition) is 7. The number of aromatic nitrogens is 1. The van der Waals surface area contributed by atoms with Crippen molar-refractivity contribution in [1.29, 1.82) is 0 Å². The Bertz CT molecular complexity index is 1230. The first-order chi connectivity index (χ1) is 16.0. The van der Waals surface area contributed by atoms with Gasteiger partial charge in [0.05, 0.1) is 29.2 Å². The first-order valence-corrected chi connectivity index (χ1v) is 11.7. The number of pyridine rings is 1. The van der Waals surface area contributed by atoms with Crippen molar-refractivity contribution in [2.75, 3.05) is 24.1 Å². The van der Waals surface area contributed by atoms with Gasteiger partial charge in [0.25, 0.3) is 15.9 Å². The van der Waals surface area contributed by atoms with Gasteiger partial charge in [0.15, 0.2) is 0 Å². The number of carbonyl (C=O) groups excluding carboxylic acids is 2. The summed E-state index contributed by atoms with van der Waals surface area (Å²) in [5, 5.41) is 2.61. The lowest BCUT2D eigenvalue weighted by molar-refractivity contribution is -0.146. The van der Waals surface area contributed by atoms with Gasteiger partial charge >= 0.3 is 12.1 Å². The van der Waals surface area contributed by atoms with Crippen LogP contribution in [0, 0.1) is 0 Å². The van der Waals surface area contributed by atoms with E-state index in [0.29, 0.717) is 25.0 Å². The minimum absolute atomic E-state index is 0.0209. The molecule has 0 unspecified atom stereocenters. The molecule has 0 saturated heterocycles. The van der Waals surface area contributed by atoms with Gasteiger partial charge in [-0.2, -0.15) is 13.2 Å². The van der Waals surface area contributed by atoms with Gasteiger partial charge in [-0.25, -0.2) is 18.2 Å². The van der Waals surface area contributed by atoms with E-state index in [-0.39, 0.29) is 41.8 Å². The normalized spacial score (nSPS) is 16.8. The van der Waals surface area contributed by atoms with E-state index in [0.717, 1.165) is 16.4 Å². The van der Waals surface area contributed by atoms with Crippen LogP contribution in [-0.2, 0) is 25.7 Å². The number of anilines is 1. The van der Waals surface area contributed by atoms with Gasteiger partial charge in [0, 0.05) is 6.20 Å². The number of rotatable bonds is 6. The number of amides is 1. The van der Waals surface area contributed by atoms with Gasteiger partial charge in [0.1, 0.15) is 17.8 Å². The van der Waals surface area contributed by atoms with Crippen LogP contribution < -0.4 is 14.4 Å². The molecule has 1 aromatic heterocycles. The second kappa shape index (κ2) is 8.46. The van der Waals surface area contributed by atoms with E-state index in [1.54, 1.807) is 6.92 Å². The summed E-state index contributed by atoms with van der Waals surface area (Å²) in [5.74, 6) is -1.26. The van der Waals surface area contributed by atoms with Crippen molar-refractivity contribution in [3.8, 4) is 5.88 Å². The lowest BCUT2D eigenvalue weighted by Crippen LogP contribution is -2.44. The Hall–Kier alpha value is -3.35. The fraction of sp³-hybridized carbons (Fsp3) is 0.381. The van der Waals surface area contributed by atoms with Gasteiger partial charge in [-0.15, -0.1) is 0 Å². The number of fused-ring (bicyclic) bond motifs is 1. The van der Waals surface area contributed by atoms with Crippen molar-refractivity contribution >= 4 is 27.6 Å². The van der Waals surface area contributed by atoms with Gasteiger partial charge in [-0.1, -0.05) is 0 Å². The fourth-order valence-electron chi connectivity index (χ4n) is 3.46. The second-order valence-corrected chi connectivity index (χ2v) is 9.62. The highest BCUT2D eigenvalue weighted by molar-refractivity contribution is 7.92. The zero-order valence-electron chi connectivity index (χ0n) is 17.9. The minimum atomic E-state index is -4.61. The van der Waals surface area contributed by atoms with E-state index in [9.17, 15) is 31.2 Å². The molecule has 34 heavy (non-hydrogen) atoms. The molecule has 0 radical (unpaired) electrons. The lowest BCUT2D eigenvalue weighted by Gasteiger charge is -2.30. The number of hydrogen-bond donors (Lipinski definition) is 1. The molecule has 1 N–H and O–H groups in total. The van der Waals surface area contributed by atoms with Gasteiger partial charge in [0.2, 0.25) is 5.88 Å². The number of carbonyl (C=O) groups is 2. The van der Waals surface area contributed by atoms with E-state index in [1.807, 2.05) is 0 Å². The zero-order valence-corrected chi connectivity index (χ0v) is 18.7. The quantitative estimate of drug-likeness (QED) is 0.608. The summed E-state index contributed by atoms with van der Waals surface area (Å²) in [6.07, 6.45) is -2.60. The maximum atomic E-state index is 13.2. The third-order valence-corrected chi connectivity index (χ3v) is 7.26. The van der Waals surface area contributed by atoms with Crippen LogP contribution in [0.3, 0.4) is 0 Å². The molecule has 1 aromatic carbocycles. The van der Waals surface area contributed by atoms with Gasteiger partial charge < -0.3 is 14.8 Å². The molecule has 182 valence electrons. The standard InChI is InChI=1S/C21H20F3N3O6S/c1-2-32-19(29)20(7-8-20)26-17(28)13-11-16-18(25-12-13)33-10-9-27(16)34(30,31)15-5-3-14(4-6-15)21(22,23)24/h3-6,11-12H,2,7-10H2,1H3,(H,26,28). The maximum absolute atomic E-state index is 13.2. The Kier molecular flexibility index (Phi) is 5.92. The van der Waals surface area contributed by atoms with Crippen LogP contribution in [0.1, 0.15) is 35.7 Å². The summed E-state index contributed by atoms with van der Waals surface area (Å²) in [7, 11) is -4.28. The van der Waals surface area contributed by atoms with Crippen molar-refractivity contribution in [1.82, 2.24) is 10.3 Å². The average Bonchev–Trinajstić information content (AvgIpc) is 3.58. The molecular weight excluding hydrogens is 479 g/mol. The summed E-state index contributed by atoms with van der Waals surface area (Å²) >= 11 is 0. The Balaban J connectivity index is 1.62. The third kappa shape index (κ3) is 4.39. The Labute approximate surface area is 192 Å². The molecule has 13 heteroatoms. The SMILES string of the molecule is CCOC(=O)C1(NC(=O)c2cnc3c(c2)N(S(=O)(=O)c2ccc(C(F)(F)F)cc2)CCO3)CC1. The summed E-state index contributed by atoms with van der Waals surface area (Å²) < 4.78 is 76.2. The summed E-state index contributed by atoms with van der Waals surface area (Å²) in [6.45, 7) is 1.62. The first-order valence-electron chi connectivity index (χ1n) is 10.3. The Morgan fingerprint density at radius 1 is 1.24 bits per heavy atom. The lowest BCUT2D eigenvalue weighted by atomic mass is 10.2. The van der Waals surface area contributed by atoms with Crippen LogP contribution in [0.5, 0.6) is 5.88 Å². The highest BCUT2D eigenvalue weighted by atomic mass is 32.2. The number of sulfonamides is 1. The monoisotopic (exact) mass is 499 g/mol. The summed E-state index contributed by atoms with van der Waals surface area (Å²) in [6, 6.07) is 4.35. The number of esters is 1. The number of halogens is 3. The highest BCUT2D eigenvalue weighted by Crippen LogP contribution is 2.38. The molecule has 4 rings (SSSR count). The van der Waals surface area contributed by atoms with Crippen LogP contribution in [0.25, 0.3) is 0 Å². The topological polar surface area (TPSA) is 115 Å². The summed E-state index contributed by atoms with van der Waals surface area (Å²) in [5.41, 5.74) is -2.16. The van der Waals surface area contributed by atoms with Gasteiger partial charge in [-0.3, -0.25) is 9.10 Å². The Morgan fingerprint density at radius 3 is 2.50 bits per heavy atom. The van der Waals surface area contributed by atoms with E-state index >= 15 is 0 Å². The molecule has 1 aliphatic heterocycles. The number of nitrogens with one attached hydrogen (secondary N) is 1. The van der Waals surface area contributed by atoms with Crippen molar-refractivity contribution in [2.24, 2.45) is 0 Å². The third-order valence-electron chi connectivity index (χ3n) is 5.43. The molecule has 1 aliphatic carbocycles. The number of benzene rings is 1. The van der Waals surface area contributed by atoms with Crippen LogP contribution >= 0.6 is 0 Å². The van der Waals surface area contributed by atoms with E-state index in [4.69, 9.17) is 9.47 Å². The van der Waals surface area contributed by atoms with E-state index in [2.05, 4.69) is 10.3 Å². The van der Waals surface area contributed by atoms with Crippen LogP contribution in [0.15, 0.2) is 41.4 Å².